The number of carbonyl (C=O) groups is 1. The first-order valence-corrected chi connectivity index (χ1v) is 4.94. The minimum atomic E-state index is -0.0341. The van der Waals surface area contributed by atoms with Gasteiger partial charge in [-0.05, 0) is 25.0 Å². The van der Waals surface area contributed by atoms with Gasteiger partial charge in [0.25, 0.3) is 0 Å². The Morgan fingerprint density at radius 3 is 2.93 bits per heavy atom. The normalized spacial score (nSPS) is 9.67. The fraction of sp³-hybridized carbons (Fsp3) is 0.333. The third-order valence-electron chi connectivity index (χ3n) is 1.92. The Hall–Kier alpha value is -1.64. The van der Waals surface area contributed by atoms with Crippen molar-refractivity contribution in [1.82, 2.24) is 4.98 Å². The van der Waals surface area contributed by atoms with Crippen LogP contribution in [-0.2, 0) is 0 Å². The molecule has 0 aromatic carbocycles. The molecule has 0 aliphatic rings. The summed E-state index contributed by atoms with van der Waals surface area (Å²) in [5.74, 6) is 0.664. The molecular weight excluding hydrogens is 190 g/mol. The predicted octanol–water partition coefficient (Wildman–Crippen LogP) is 2.63. The van der Waals surface area contributed by atoms with Gasteiger partial charge in [0, 0.05) is 6.92 Å². The maximum atomic E-state index is 10.9. The smallest absolute Gasteiger partial charge is 0.178 e. The zero-order valence-electron chi connectivity index (χ0n) is 8.90. The molecule has 0 saturated heterocycles. The van der Waals surface area contributed by atoms with E-state index in [1.807, 2.05) is 6.08 Å². The maximum absolute atomic E-state index is 10.9. The highest BCUT2D eigenvalue weighted by molar-refractivity contribution is 5.92. The van der Waals surface area contributed by atoms with Gasteiger partial charge in [-0.15, -0.1) is 6.58 Å². The summed E-state index contributed by atoms with van der Waals surface area (Å²) in [7, 11) is 0. The lowest BCUT2D eigenvalue weighted by atomic mass is 10.3. The van der Waals surface area contributed by atoms with E-state index >= 15 is 0 Å². The highest BCUT2D eigenvalue weighted by Crippen LogP contribution is 2.10. The number of pyridine rings is 1. The van der Waals surface area contributed by atoms with Crippen LogP contribution in [0.3, 0.4) is 0 Å². The second-order valence-electron chi connectivity index (χ2n) is 3.21. The number of hydrogen-bond donors (Lipinski definition) is 0. The third-order valence-corrected chi connectivity index (χ3v) is 1.92. The maximum Gasteiger partial charge on any atom is 0.178 e. The number of carbonyl (C=O) groups excluding carboxylic acids is 1. The molecule has 15 heavy (non-hydrogen) atoms. The number of aromatic nitrogens is 1. The summed E-state index contributed by atoms with van der Waals surface area (Å²) in [6.07, 6.45) is 5.32. The molecule has 3 heteroatoms. The fourth-order valence-corrected chi connectivity index (χ4v) is 1.09. The van der Waals surface area contributed by atoms with Crippen molar-refractivity contribution < 1.29 is 9.53 Å². The Morgan fingerprint density at radius 1 is 1.60 bits per heavy atom. The van der Waals surface area contributed by atoms with E-state index in [4.69, 9.17) is 4.74 Å². The fourth-order valence-electron chi connectivity index (χ4n) is 1.09. The first-order chi connectivity index (χ1) is 7.24. The molecule has 0 radical (unpaired) electrons. The van der Waals surface area contributed by atoms with Crippen molar-refractivity contribution in [2.24, 2.45) is 0 Å². The standard InChI is InChI=1S/C12H15NO2/c1-3-4-5-8-15-11-6-7-12(10(2)14)13-9-11/h3,6-7,9H,1,4-5,8H2,2H3. The van der Waals surface area contributed by atoms with E-state index in [0.717, 1.165) is 12.8 Å². The van der Waals surface area contributed by atoms with Crippen LogP contribution in [-0.4, -0.2) is 17.4 Å². The highest BCUT2D eigenvalue weighted by Gasteiger charge is 2.00. The molecule has 0 spiro atoms. The number of rotatable bonds is 6. The highest BCUT2D eigenvalue weighted by atomic mass is 16.5. The number of nitrogens with zero attached hydrogens (tertiary/aromatic N) is 1. The number of unbranched alkanes of at least 4 members (excludes halogenated alkanes) is 1. The second kappa shape index (κ2) is 5.96. The first-order valence-electron chi connectivity index (χ1n) is 4.94. The number of hydrogen-bond acceptors (Lipinski definition) is 3. The summed E-state index contributed by atoms with van der Waals surface area (Å²) >= 11 is 0. The summed E-state index contributed by atoms with van der Waals surface area (Å²) in [5, 5.41) is 0. The van der Waals surface area contributed by atoms with E-state index in [0.29, 0.717) is 18.1 Å². The van der Waals surface area contributed by atoms with E-state index in [1.54, 1.807) is 18.3 Å². The molecule has 80 valence electrons. The molecule has 0 atom stereocenters. The molecule has 1 rings (SSSR count). The number of Topliss-reactive ketones (excluding diaryl/α,β-unsaturated/α-hetero) is 1. The van der Waals surface area contributed by atoms with Gasteiger partial charge in [-0.25, -0.2) is 4.98 Å². The van der Waals surface area contributed by atoms with Crippen molar-refractivity contribution >= 4 is 5.78 Å². The number of ether oxygens (including phenoxy) is 1. The van der Waals surface area contributed by atoms with Gasteiger partial charge in [0.15, 0.2) is 5.78 Å². The molecular formula is C12H15NO2. The van der Waals surface area contributed by atoms with Crippen molar-refractivity contribution in [3.8, 4) is 5.75 Å². The molecule has 3 nitrogen and oxygen atoms in total. The lowest BCUT2D eigenvalue weighted by molar-refractivity contribution is 0.101. The molecule has 1 aromatic heterocycles. The van der Waals surface area contributed by atoms with Crippen LogP contribution in [0.2, 0.25) is 0 Å². The Balaban J connectivity index is 2.42. The van der Waals surface area contributed by atoms with E-state index in [2.05, 4.69) is 11.6 Å². The van der Waals surface area contributed by atoms with E-state index in [-0.39, 0.29) is 5.78 Å². The van der Waals surface area contributed by atoms with Crippen LogP contribution in [0.5, 0.6) is 5.75 Å². The zero-order chi connectivity index (χ0) is 11.1. The van der Waals surface area contributed by atoms with Crippen LogP contribution >= 0.6 is 0 Å². The Morgan fingerprint density at radius 2 is 2.40 bits per heavy atom. The molecule has 0 amide bonds. The predicted molar refractivity (Wildman–Crippen MR) is 59.2 cm³/mol. The van der Waals surface area contributed by atoms with Crippen molar-refractivity contribution in [2.45, 2.75) is 19.8 Å². The summed E-state index contributed by atoms with van der Waals surface area (Å²) in [4.78, 5) is 14.9. The lowest BCUT2D eigenvalue weighted by Gasteiger charge is -2.04. The largest absolute Gasteiger partial charge is 0.492 e. The third kappa shape index (κ3) is 3.94. The van der Waals surface area contributed by atoms with Crippen LogP contribution in [0.4, 0.5) is 0 Å². The summed E-state index contributed by atoms with van der Waals surface area (Å²) in [6.45, 7) is 5.77. The van der Waals surface area contributed by atoms with Gasteiger partial charge in [0.05, 0.1) is 12.8 Å². The Kier molecular flexibility index (Phi) is 4.54. The minimum absolute atomic E-state index is 0.0341. The van der Waals surface area contributed by atoms with Crippen molar-refractivity contribution in [2.75, 3.05) is 6.61 Å². The molecule has 0 aliphatic carbocycles. The van der Waals surface area contributed by atoms with Gasteiger partial charge in [-0.1, -0.05) is 6.08 Å². The van der Waals surface area contributed by atoms with Crippen LogP contribution in [0, 0.1) is 0 Å². The Labute approximate surface area is 89.8 Å². The topological polar surface area (TPSA) is 39.2 Å². The van der Waals surface area contributed by atoms with Crippen LogP contribution in [0.1, 0.15) is 30.3 Å². The number of ketones is 1. The molecule has 0 aliphatic heterocycles. The van der Waals surface area contributed by atoms with E-state index < -0.39 is 0 Å². The summed E-state index contributed by atoms with van der Waals surface area (Å²) < 4.78 is 5.42. The van der Waals surface area contributed by atoms with Gasteiger partial charge < -0.3 is 4.74 Å². The monoisotopic (exact) mass is 205 g/mol. The average molecular weight is 205 g/mol. The van der Waals surface area contributed by atoms with E-state index in [9.17, 15) is 4.79 Å². The van der Waals surface area contributed by atoms with Crippen molar-refractivity contribution in [3.63, 3.8) is 0 Å². The van der Waals surface area contributed by atoms with E-state index in [1.165, 1.54) is 6.92 Å². The minimum Gasteiger partial charge on any atom is -0.492 e. The molecule has 0 N–H and O–H groups in total. The van der Waals surface area contributed by atoms with Crippen LogP contribution in [0.25, 0.3) is 0 Å². The molecule has 1 heterocycles. The van der Waals surface area contributed by atoms with Crippen LogP contribution in [0.15, 0.2) is 31.0 Å². The quantitative estimate of drug-likeness (QED) is 0.407. The summed E-state index contributed by atoms with van der Waals surface area (Å²) in [6, 6.07) is 3.43. The zero-order valence-corrected chi connectivity index (χ0v) is 8.90. The van der Waals surface area contributed by atoms with Gasteiger partial charge in [0.1, 0.15) is 11.4 Å². The van der Waals surface area contributed by atoms with Gasteiger partial charge in [-0.2, -0.15) is 0 Å². The molecule has 0 bridgehead atoms. The van der Waals surface area contributed by atoms with Crippen LogP contribution < -0.4 is 4.74 Å². The summed E-state index contributed by atoms with van der Waals surface area (Å²) in [5.41, 5.74) is 0.466. The van der Waals surface area contributed by atoms with Crippen molar-refractivity contribution in [3.05, 3.63) is 36.7 Å². The van der Waals surface area contributed by atoms with Gasteiger partial charge in [0.2, 0.25) is 0 Å². The number of allylic oxidation sites excluding steroid dienone is 1. The second-order valence-corrected chi connectivity index (χ2v) is 3.21. The average Bonchev–Trinajstić information content (AvgIpc) is 2.25. The molecule has 0 saturated carbocycles. The molecule has 1 aromatic rings. The SMILES string of the molecule is C=CCCCOc1ccc(C(C)=O)nc1. The molecule has 0 fully saturated rings. The van der Waals surface area contributed by atoms with Gasteiger partial charge >= 0.3 is 0 Å². The molecule has 0 unspecified atom stereocenters. The van der Waals surface area contributed by atoms with Gasteiger partial charge in [-0.3, -0.25) is 4.79 Å². The first kappa shape index (κ1) is 11.4. The lowest BCUT2D eigenvalue weighted by Crippen LogP contribution is -1.99. The Bertz CT molecular complexity index is 330. The van der Waals surface area contributed by atoms with Crippen molar-refractivity contribution in [1.29, 1.82) is 0 Å².